The zero-order valence-corrected chi connectivity index (χ0v) is 10.7. The van der Waals surface area contributed by atoms with Crippen LogP contribution in [0.4, 0.5) is 0 Å². The van der Waals surface area contributed by atoms with E-state index in [1.807, 2.05) is 36.7 Å². The lowest BCUT2D eigenvalue weighted by molar-refractivity contribution is 0.495. The molecule has 4 heteroatoms. The smallest absolute Gasteiger partial charge is 0.0534 e. The third kappa shape index (κ3) is 3.08. The van der Waals surface area contributed by atoms with Crippen molar-refractivity contribution in [3.63, 3.8) is 0 Å². The van der Waals surface area contributed by atoms with Crippen LogP contribution in [0.1, 0.15) is 37.1 Å². The fraction of sp³-hybridized carbons (Fsp3) is 0.308. The highest BCUT2D eigenvalue weighted by Gasteiger charge is 2.11. The largest absolute Gasteiger partial charge is 0.304 e. The Morgan fingerprint density at radius 2 is 1.76 bits per heavy atom. The number of benzene rings is 1. The standard InChI is InChI=1S/C13H16ClN3/c1-9(11-3-5-13(14)6-4-11)17-10(2)12-7-15-16-8-12/h3-10,17H,1-2H3,(H,15,16). The Morgan fingerprint density at radius 3 is 2.35 bits per heavy atom. The van der Waals surface area contributed by atoms with E-state index < -0.39 is 0 Å². The summed E-state index contributed by atoms with van der Waals surface area (Å²) in [5, 5.41) is 11.1. The van der Waals surface area contributed by atoms with Crippen LogP contribution < -0.4 is 5.32 Å². The molecule has 0 aliphatic rings. The van der Waals surface area contributed by atoms with E-state index in [1.54, 1.807) is 0 Å². The number of aromatic amines is 1. The molecule has 0 saturated heterocycles. The van der Waals surface area contributed by atoms with Gasteiger partial charge in [0.1, 0.15) is 0 Å². The fourth-order valence-electron chi connectivity index (χ4n) is 1.82. The predicted octanol–water partition coefficient (Wildman–Crippen LogP) is 3.47. The number of H-pyrrole nitrogens is 1. The van der Waals surface area contributed by atoms with Crippen molar-refractivity contribution in [2.75, 3.05) is 0 Å². The van der Waals surface area contributed by atoms with Crippen LogP contribution in [0.3, 0.4) is 0 Å². The van der Waals surface area contributed by atoms with Gasteiger partial charge in [-0.2, -0.15) is 5.10 Å². The zero-order valence-electron chi connectivity index (χ0n) is 9.94. The van der Waals surface area contributed by atoms with Gasteiger partial charge in [0.15, 0.2) is 0 Å². The number of nitrogens with one attached hydrogen (secondary N) is 2. The van der Waals surface area contributed by atoms with Gasteiger partial charge in [0.25, 0.3) is 0 Å². The van der Waals surface area contributed by atoms with Gasteiger partial charge in [-0.15, -0.1) is 0 Å². The maximum Gasteiger partial charge on any atom is 0.0534 e. The number of hydrogen-bond acceptors (Lipinski definition) is 2. The van der Waals surface area contributed by atoms with Crippen LogP contribution in [0.15, 0.2) is 36.7 Å². The van der Waals surface area contributed by atoms with Gasteiger partial charge in [-0.25, -0.2) is 0 Å². The van der Waals surface area contributed by atoms with Crippen molar-refractivity contribution in [2.45, 2.75) is 25.9 Å². The van der Waals surface area contributed by atoms with E-state index in [4.69, 9.17) is 11.6 Å². The first-order chi connectivity index (χ1) is 8.16. The molecule has 0 saturated carbocycles. The Hall–Kier alpha value is -1.32. The summed E-state index contributed by atoms with van der Waals surface area (Å²) in [4.78, 5) is 0. The highest BCUT2D eigenvalue weighted by Crippen LogP contribution is 2.20. The maximum atomic E-state index is 5.87. The molecule has 17 heavy (non-hydrogen) atoms. The quantitative estimate of drug-likeness (QED) is 0.871. The van der Waals surface area contributed by atoms with Gasteiger partial charge in [0.05, 0.1) is 6.20 Å². The molecule has 0 bridgehead atoms. The van der Waals surface area contributed by atoms with Gasteiger partial charge in [-0.05, 0) is 31.5 Å². The molecular formula is C13H16ClN3. The molecule has 90 valence electrons. The molecule has 0 amide bonds. The summed E-state index contributed by atoms with van der Waals surface area (Å²) < 4.78 is 0. The third-order valence-corrected chi connectivity index (χ3v) is 3.14. The minimum Gasteiger partial charge on any atom is -0.304 e. The molecule has 0 radical (unpaired) electrons. The van der Waals surface area contributed by atoms with Gasteiger partial charge in [-0.3, -0.25) is 5.10 Å². The van der Waals surface area contributed by atoms with E-state index >= 15 is 0 Å². The fourth-order valence-corrected chi connectivity index (χ4v) is 1.94. The molecule has 2 rings (SSSR count). The first-order valence-electron chi connectivity index (χ1n) is 5.67. The Balaban J connectivity index is 2.01. The van der Waals surface area contributed by atoms with Crippen LogP contribution in [0.25, 0.3) is 0 Å². The summed E-state index contributed by atoms with van der Waals surface area (Å²) >= 11 is 5.87. The molecule has 1 heterocycles. The molecular weight excluding hydrogens is 234 g/mol. The lowest BCUT2D eigenvalue weighted by Crippen LogP contribution is -2.22. The molecule has 0 aliphatic carbocycles. The van der Waals surface area contributed by atoms with E-state index in [2.05, 4.69) is 29.4 Å². The van der Waals surface area contributed by atoms with E-state index in [9.17, 15) is 0 Å². The van der Waals surface area contributed by atoms with Crippen LogP contribution in [0, 0.1) is 0 Å². The van der Waals surface area contributed by atoms with Crippen molar-refractivity contribution in [1.82, 2.24) is 15.5 Å². The third-order valence-electron chi connectivity index (χ3n) is 2.89. The van der Waals surface area contributed by atoms with E-state index in [1.165, 1.54) is 5.56 Å². The summed E-state index contributed by atoms with van der Waals surface area (Å²) in [5.41, 5.74) is 2.38. The number of nitrogens with zero attached hydrogens (tertiary/aromatic N) is 1. The Labute approximate surface area is 106 Å². The normalized spacial score (nSPS) is 14.5. The highest BCUT2D eigenvalue weighted by molar-refractivity contribution is 6.30. The van der Waals surface area contributed by atoms with Gasteiger partial charge in [0.2, 0.25) is 0 Å². The Bertz CT molecular complexity index is 450. The molecule has 0 aliphatic heterocycles. The second-order valence-electron chi connectivity index (χ2n) is 4.19. The molecule has 2 atom stereocenters. The summed E-state index contributed by atoms with van der Waals surface area (Å²) in [6.07, 6.45) is 3.75. The van der Waals surface area contributed by atoms with Crippen molar-refractivity contribution >= 4 is 11.6 Å². The van der Waals surface area contributed by atoms with Crippen LogP contribution >= 0.6 is 11.6 Å². The zero-order chi connectivity index (χ0) is 12.3. The van der Waals surface area contributed by atoms with Crippen LogP contribution in [0.5, 0.6) is 0 Å². The van der Waals surface area contributed by atoms with Crippen molar-refractivity contribution in [3.8, 4) is 0 Å². The molecule has 2 unspecified atom stereocenters. The lowest BCUT2D eigenvalue weighted by Gasteiger charge is -2.19. The molecule has 3 nitrogen and oxygen atoms in total. The SMILES string of the molecule is CC(NC(C)c1cn[nH]c1)c1ccc(Cl)cc1. The van der Waals surface area contributed by atoms with Crippen LogP contribution in [-0.4, -0.2) is 10.2 Å². The van der Waals surface area contributed by atoms with Gasteiger partial charge >= 0.3 is 0 Å². The van der Waals surface area contributed by atoms with Crippen LogP contribution in [0.2, 0.25) is 5.02 Å². The average Bonchev–Trinajstić information content (AvgIpc) is 2.83. The summed E-state index contributed by atoms with van der Waals surface area (Å²) in [5.74, 6) is 0. The minimum atomic E-state index is 0.263. The highest BCUT2D eigenvalue weighted by atomic mass is 35.5. The molecule has 2 N–H and O–H groups in total. The molecule has 0 spiro atoms. The molecule has 2 aromatic rings. The van der Waals surface area contributed by atoms with Crippen molar-refractivity contribution in [2.24, 2.45) is 0 Å². The van der Waals surface area contributed by atoms with Gasteiger partial charge in [0, 0.05) is 28.9 Å². The monoisotopic (exact) mass is 249 g/mol. The lowest BCUT2D eigenvalue weighted by atomic mass is 10.1. The van der Waals surface area contributed by atoms with Crippen LogP contribution in [-0.2, 0) is 0 Å². The summed E-state index contributed by atoms with van der Waals surface area (Å²) in [6.45, 7) is 4.26. The van der Waals surface area contributed by atoms with Crippen molar-refractivity contribution in [1.29, 1.82) is 0 Å². The second kappa shape index (κ2) is 5.34. The summed E-state index contributed by atoms with van der Waals surface area (Å²) in [6, 6.07) is 8.45. The predicted molar refractivity (Wildman–Crippen MR) is 70.0 cm³/mol. The van der Waals surface area contributed by atoms with Crippen molar-refractivity contribution in [3.05, 3.63) is 52.8 Å². The van der Waals surface area contributed by atoms with Gasteiger partial charge in [-0.1, -0.05) is 23.7 Å². The first kappa shape index (κ1) is 12.1. The van der Waals surface area contributed by atoms with E-state index in [0.717, 1.165) is 10.6 Å². The minimum absolute atomic E-state index is 0.263. The number of rotatable bonds is 4. The van der Waals surface area contributed by atoms with E-state index in [0.29, 0.717) is 0 Å². The maximum absolute atomic E-state index is 5.87. The van der Waals surface area contributed by atoms with Crippen molar-refractivity contribution < 1.29 is 0 Å². The Morgan fingerprint density at radius 1 is 1.12 bits per heavy atom. The average molecular weight is 250 g/mol. The molecule has 0 fully saturated rings. The number of halogens is 1. The molecule has 1 aromatic carbocycles. The summed E-state index contributed by atoms with van der Waals surface area (Å²) in [7, 11) is 0. The van der Waals surface area contributed by atoms with Gasteiger partial charge < -0.3 is 5.32 Å². The van der Waals surface area contributed by atoms with E-state index in [-0.39, 0.29) is 12.1 Å². The number of aromatic nitrogens is 2. The number of hydrogen-bond donors (Lipinski definition) is 2. The first-order valence-corrected chi connectivity index (χ1v) is 6.05. The topological polar surface area (TPSA) is 40.7 Å². The Kier molecular flexibility index (Phi) is 3.82. The second-order valence-corrected chi connectivity index (χ2v) is 4.63. The molecule has 1 aromatic heterocycles.